The van der Waals surface area contributed by atoms with Crippen molar-refractivity contribution in [3.63, 3.8) is 0 Å². The zero-order valence-corrected chi connectivity index (χ0v) is 23.9. The molecule has 222 valence electrons. The van der Waals surface area contributed by atoms with Crippen molar-refractivity contribution < 1.29 is 40.6 Å². The number of hydrogen-bond acceptors (Lipinski definition) is 5. The Morgan fingerprint density at radius 1 is 0.976 bits per heavy atom. The van der Waals surface area contributed by atoms with Crippen LogP contribution in [0.2, 0.25) is 0 Å². The summed E-state index contributed by atoms with van der Waals surface area (Å²) in [4.78, 5) is 13.0. The van der Waals surface area contributed by atoms with Crippen LogP contribution in [0, 0.1) is 5.82 Å². The van der Waals surface area contributed by atoms with Crippen LogP contribution in [0.5, 0.6) is 5.75 Å². The molecule has 3 aromatic rings. The molecule has 11 heteroatoms. The van der Waals surface area contributed by atoms with Crippen LogP contribution < -0.4 is 4.74 Å². The number of nitrogens with zero attached hydrogens (tertiary/aromatic N) is 1. The predicted octanol–water partition coefficient (Wildman–Crippen LogP) is 6.12. The number of sulfone groups is 1. The van der Waals surface area contributed by atoms with Crippen molar-refractivity contribution in [2.75, 3.05) is 26.0 Å². The van der Waals surface area contributed by atoms with Gasteiger partial charge < -0.3 is 9.84 Å². The van der Waals surface area contributed by atoms with Gasteiger partial charge in [0.05, 0.1) is 23.5 Å². The largest absolute Gasteiger partial charge is 0.494 e. The van der Waals surface area contributed by atoms with E-state index in [2.05, 4.69) is 0 Å². The van der Waals surface area contributed by atoms with Crippen molar-refractivity contribution in [2.24, 2.45) is 0 Å². The molecule has 0 saturated carbocycles. The standard InChI is InChI=1S/C30H33F4NO5S/c1-29(2,23-9-11-25(31)12-10-23)20-35(19-21-6-4-7-24(16-21)30(32,33)34)14-5-15-40-26-13-8-22(17-28(36)37)27(18-26)41(3,38)39/h4,6-13,16,18H,5,14-15,17,19-20H2,1-3H3,(H,36,37). The minimum absolute atomic E-state index is 0.121. The van der Waals surface area contributed by atoms with Gasteiger partial charge >= 0.3 is 12.1 Å². The highest BCUT2D eigenvalue weighted by atomic mass is 32.2. The lowest BCUT2D eigenvalue weighted by Crippen LogP contribution is -2.37. The number of alkyl halides is 3. The van der Waals surface area contributed by atoms with Gasteiger partial charge in [-0.1, -0.05) is 50.2 Å². The van der Waals surface area contributed by atoms with Crippen molar-refractivity contribution in [3.05, 3.63) is 94.8 Å². The second-order valence-corrected chi connectivity index (χ2v) is 12.6. The Morgan fingerprint density at radius 3 is 2.27 bits per heavy atom. The number of carboxylic acids is 1. The predicted molar refractivity (Wildman–Crippen MR) is 147 cm³/mol. The van der Waals surface area contributed by atoms with Crippen LogP contribution >= 0.6 is 0 Å². The number of aliphatic carboxylic acids is 1. The number of carbonyl (C=O) groups is 1. The van der Waals surface area contributed by atoms with E-state index in [-0.39, 0.29) is 35.2 Å². The molecule has 6 nitrogen and oxygen atoms in total. The zero-order valence-electron chi connectivity index (χ0n) is 23.0. The fraction of sp³-hybridized carbons (Fsp3) is 0.367. The number of halogens is 4. The Labute approximate surface area is 237 Å². The van der Waals surface area contributed by atoms with Gasteiger partial charge in [-0.2, -0.15) is 13.2 Å². The van der Waals surface area contributed by atoms with E-state index >= 15 is 0 Å². The van der Waals surface area contributed by atoms with Crippen molar-refractivity contribution in [1.82, 2.24) is 4.90 Å². The molecular weight excluding hydrogens is 562 g/mol. The van der Waals surface area contributed by atoms with Gasteiger partial charge in [0.2, 0.25) is 0 Å². The van der Waals surface area contributed by atoms with Crippen LogP contribution in [0.4, 0.5) is 17.6 Å². The lowest BCUT2D eigenvalue weighted by molar-refractivity contribution is -0.138. The Morgan fingerprint density at radius 2 is 1.66 bits per heavy atom. The monoisotopic (exact) mass is 595 g/mol. The number of rotatable bonds is 13. The van der Waals surface area contributed by atoms with Gasteiger partial charge in [0.25, 0.3) is 0 Å². The molecule has 0 aliphatic heterocycles. The van der Waals surface area contributed by atoms with Crippen LogP contribution in [0.15, 0.2) is 71.6 Å². The number of carboxylic acid groups (broad SMARTS) is 1. The summed E-state index contributed by atoms with van der Waals surface area (Å²) in [7, 11) is -3.70. The third-order valence-electron chi connectivity index (χ3n) is 6.57. The maximum absolute atomic E-state index is 13.5. The van der Waals surface area contributed by atoms with Gasteiger partial charge in [-0.25, -0.2) is 12.8 Å². The minimum atomic E-state index is -4.47. The summed E-state index contributed by atoms with van der Waals surface area (Å²) in [5.41, 5.74) is 0.328. The van der Waals surface area contributed by atoms with Crippen LogP contribution in [0.1, 0.15) is 42.5 Å². The fourth-order valence-electron chi connectivity index (χ4n) is 4.63. The van der Waals surface area contributed by atoms with Crippen molar-refractivity contribution in [1.29, 1.82) is 0 Å². The summed E-state index contributed by atoms with van der Waals surface area (Å²) in [5.74, 6) is -1.26. The smallest absolute Gasteiger partial charge is 0.416 e. The van der Waals surface area contributed by atoms with Crippen LogP contribution in [-0.4, -0.2) is 50.3 Å². The van der Waals surface area contributed by atoms with Crippen LogP contribution in [0.25, 0.3) is 0 Å². The van der Waals surface area contributed by atoms with Gasteiger partial charge in [0.1, 0.15) is 11.6 Å². The first-order valence-electron chi connectivity index (χ1n) is 12.9. The molecule has 0 saturated heterocycles. The summed E-state index contributed by atoms with van der Waals surface area (Å²) in [6.45, 7) is 5.25. The van der Waals surface area contributed by atoms with E-state index in [1.807, 2.05) is 18.7 Å². The van der Waals surface area contributed by atoms with Gasteiger partial charge in [-0.15, -0.1) is 0 Å². The molecule has 0 atom stereocenters. The molecule has 3 rings (SSSR count). The second kappa shape index (κ2) is 13.0. The molecule has 0 fully saturated rings. The Hall–Kier alpha value is -3.44. The van der Waals surface area contributed by atoms with E-state index in [1.54, 1.807) is 18.2 Å². The van der Waals surface area contributed by atoms with Gasteiger partial charge in [0.15, 0.2) is 9.84 Å². The van der Waals surface area contributed by atoms with E-state index in [0.29, 0.717) is 25.1 Å². The molecule has 0 bridgehead atoms. The molecule has 0 spiro atoms. The van der Waals surface area contributed by atoms with E-state index in [1.165, 1.54) is 36.4 Å². The summed E-state index contributed by atoms with van der Waals surface area (Å²) < 4.78 is 83.5. The molecule has 0 aliphatic carbocycles. The van der Waals surface area contributed by atoms with E-state index < -0.39 is 39.4 Å². The number of hydrogen-bond donors (Lipinski definition) is 1. The average molecular weight is 596 g/mol. The second-order valence-electron chi connectivity index (χ2n) is 10.6. The van der Waals surface area contributed by atoms with Crippen LogP contribution in [0.3, 0.4) is 0 Å². The highest BCUT2D eigenvalue weighted by molar-refractivity contribution is 7.90. The first-order chi connectivity index (χ1) is 19.0. The minimum Gasteiger partial charge on any atom is -0.494 e. The number of ether oxygens (including phenoxy) is 1. The van der Waals surface area contributed by atoms with E-state index in [9.17, 15) is 30.8 Å². The summed E-state index contributed by atoms with van der Waals surface area (Å²) in [5, 5.41) is 9.07. The summed E-state index contributed by atoms with van der Waals surface area (Å²) >= 11 is 0. The summed E-state index contributed by atoms with van der Waals surface area (Å²) in [6, 6.07) is 15.5. The molecule has 0 unspecified atom stereocenters. The average Bonchev–Trinajstić information content (AvgIpc) is 2.86. The Kier molecular flexibility index (Phi) is 10.2. The maximum Gasteiger partial charge on any atom is 0.416 e. The van der Waals surface area contributed by atoms with Gasteiger partial charge in [0, 0.05) is 31.3 Å². The molecule has 0 amide bonds. The highest BCUT2D eigenvalue weighted by Crippen LogP contribution is 2.31. The van der Waals surface area contributed by atoms with Gasteiger partial charge in [-0.3, -0.25) is 9.69 Å². The summed E-state index contributed by atoms with van der Waals surface area (Å²) in [6.07, 6.45) is -3.46. The quantitative estimate of drug-likeness (QED) is 0.189. The molecule has 41 heavy (non-hydrogen) atoms. The highest BCUT2D eigenvalue weighted by Gasteiger charge is 2.31. The molecule has 0 radical (unpaired) electrons. The lowest BCUT2D eigenvalue weighted by atomic mass is 9.84. The Balaban J connectivity index is 1.75. The molecule has 0 heterocycles. The normalized spacial score (nSPS) is 12.5. The third kappa shape index (κ3) is 9.57. The fourth-order valence-corrected chi connectivity index (χ4v) is 5.57. The molecule has 0 aromatic heterocycles. The number of benzene rings is 3. The molecule has 3 aromatic carbocycles. The van der Waals surface area contributed by atoms with Gasteiger partial charge in [-0.05, 0) is 53.4 Å². The van der Waals surface area contributed by atoms with E-state index in [4.69, 9.17) is 9.84 Å². The van der Waals surface area contributed by atoms with Crippen LogP contribution in [-0.2, 0) is 39.2 Å². The maximum atomic E-state index is 13.5. The molecular formula is C30H33F4NO5S. The van der Waals surface area contributed by atoms with E-state index in [0.717, 1.165) is 24.0 Å². The topological polar surface area (TPSA) is 83.9 Å². The third-order valence-corrected chi connectivity index (χ3v) is 7.75. The van der Waals surface area contributed by atoms with Crippen molar-refractivity contribution in [2.45, 2.75) is 49.7 Å². The van der Waals surface area contributed by atoms with Crippen molar-refractivity contribution in [3.8, 4) is 5.75 Å². The zero-order chi connectivity index (χ0) is 30.4. The molecule has 0 aliphatic rings. The molecule has 1 N–H and O–H groups in total. The first kappa shape index (κ1) is 32.1. The first-order valence-corrected chi connectivity index (χ1v) is 14.8. The SMILES string of the molecule is CC(C)(CN(CCCOc1ccc(CC(=O)O)c(S(C)(=O)=O)c1)Cc1cccc(C(F)(F)F)c1)c1ccc(F)cc1. The lowest BCUT2D eigenvalue weighted by Gasteiger charge is -2.33. The Bertz CT molecular complexity index is 1450. The van der Waals surface area contributed by atoms with Crippen molar-refractivity contribution >= 4 is 15.8 Å².